The minimum Gasteiger partial charge on any atom is -0.356 e. The zero-order valence-electron chi connectivity index (χ0n) is 19.4. The summed E-state index contributed by atoms with van der Waals surface area (Å²) in [7, 11) is 1.82. The van der Waals surface area contributed by atoms with Gasteiger partial charge < -0.3 is 20.4 Å². The second-order valence-electron chi connectivity index (χ2n) is 9.05. The molecule has 1 fully saturated rings. The molecule has 0 aliphatic carbocycles. The van der Waals surface area contributed by atoms with E-state index in [0.29, 0.717) is 12.5 Å². The Morgan fingerprint density at radius 1 is 1.16 bits per heavy atom. The molecule has 0 atom stereocenters. The van der Waals surface area contributed by atoms with Crippen LogP contribution in [0.2, 0.25) is 0 Å². The highest BCUT2D eigenvalue weighted by Crippen LogP contribution is 2.19. The number of hydrogen-bond acceptors (Lipinski definition) is 3. The molecule has 0 unspecified atom stereocenters. The van der Waals surface area contributed by atoms with Crippen LogP contribution in [0.4, 0.5) is 0 Å². The molecule has 31 heavy (non-hydrogen) atoms. The summed E-state index contributed by atoms with van der Waals surface area (Å²) >= 11 is 0. The van der Waals surface area contributed by atoms with Gasteiger partial charge in [-0.3, -0.25) is 9.79 Å². The molecular weight excluding hydrogens is 501 g/mol. The molecule has 174 valence electrons. The molecule has 0 bridgehead atoms. The lowest BCUT2D eigenvalue weighted by molar-refractivity contribution is -0.132. The number of piperidine rings is 1. The summed E-state index contributed by atoms with van der Waals surface area (Å²) in [5.74, 6) is 1.84. The number of likely N-dealkylation sites (tertiary alicyclic amines) is 1. The van der Waals surface area contributed by atoms with Crippen molar-refractivity contribution in [3.8, 4) is 0 Å². The summed E-state index contributed by atoms with van der Waals surface area (Å²) in [5.41, 5.74) is 2.67. The van der Waals surface area contributed by atoms with Crippen molar-refractivity contribution in [2.45, 2.75) is 58.5 Å². The van der Waals surface area contributed by atoms with Crippen LogP contribution in [0.5, 0.6) is 0 Å². The lowest BCUT2D eigenvalue weighted by Crippen LogP contribution is -2.49. The van der Waals surface area contributed by atoms with Gasteiger partial charge in [0.15, 0.2) is 5.96 Å². The Balaban J connectivity index is 0.00000341. The van der Waals surface area contributed by atoms with Gasteiger partial charge in [0.2, 0.25) is 5.91 Å². The Bertz CT molecular complexity index is 716. The molecule has 2 heterocycles. The largest absolute Gasteiger partial charge is 0.356 e. The van der Waals surface area contributed by atoms with E-state index in [0.717, 1.165) is 70.3 Å². The molecule has 0 saturated carbocycles. The quantitative estimate of drug-likeness (QED) is 0.241. The highest BCUT2D eigenvalue weighted by molar-refractivity contribution is 14.0. The second-order valence-corrected chi connectivity index (χ2v) is 9.05. The normalized spacial score (nSPS) is 17.8. The smallest absolute Gasteiger partial charge is 0.222 e. The van der Waals surface area contributed by atoms with Gasteiger partial charge in [0, 0.05) is 58.8 Å². The Hall–Kier alpha value is -1.35. The maximum atomic E-state index is 12.6. The predicted octanol–water partition coefficient (Wildman–Crippen LogP) is 3.25. The first kappa shape index (κ1) is 25.9. The van der Waals surface area contributed by atoms with Crippen LogP contribution in [0.3, 0.4) is 0 Å². The minimum absolute atomic E-state index is 0. The zero-order chi connectivity index (χ0) is 21.3. The number of carbonyl (C=O) groups excluding carboxylic acids is 1. The van der Waals surface area contributed by atoms with Crippen molar-refractivity contribution in [1.82, 2.24) is 20.4 Å². The molecule has 1 aromatic carbocycles. The summed E-state index contributed by atoms with van der Waals surface area (Å²) in [6, 6.07) is 8.93. The van der Waals surface area contributed by atoms with Crippen molar-refractivity contribution in [1.29, 1.82) is 0 Å². The molecule has 0 aromatic heterocycles. The van der Waals surface area contributed by atoms with Crippen LogP contribution < -0.4 is 10.6 Å². The number of nitrogens with zero attached hydrogens (tertiary/aromatic N) is 3. The van der Waals surface area contributed by atoms with Crippen molar-refractivity contribution in [2.24, 2.45) is 10.9 Å². The van der Waals surface area contributed by atoms with E-state index >= 15 is 0 Å². The second kappa shape index (κ2) is 13.3. The van der Waals surface area contributed by atoms with Crippen molar-refractivity contribution in [2.75, 3.05) is 39.8 Å². The number of hydrogen-bond donors (Lipinski definition) is 2. The van der Waals surface area contributed by atoms with Gasteiger partial charge in [0.1, 0.15) is 0 Å². The first-order chi connectivity index (χ1) is 14.5. The molecule has 7 heteroatoms. The zero-order valence-corrected chi connectivity index (χ0v) is 21.7. The van der Waals surface area contributed by atoms with E-state index in [1.54, 1.807) is 0 Å². The molecule has 2 aliphatic rings. The topological polar surface area (TPSA) is 60.0 Å². The van der Waals surface area contributed by atoms with Crippen molar-refractivity contribution < 1.29 is 4.79 Å². The number of nitrogens with one attached hydrogen (secondary N) is 2. The van der Waals surface area contributed by atoms with Gasteiger partial charge in [0.25, 0.3) is 0 Å². The van der Waals surface area contributed by atoms with Gasteiger partial charge in [-0.1, -0.05) is 38.1 Å². The van der Waals surface area contributed by atoms with Gasteiger partial charge in [-0.2, -0.15) is 0 Å². The number of amides is 1. The average Bonchev–Trinajstić information content (AvgIpc) is 2.76. The average molecular weight is 542 g/mol. The van der Waals surface area contributed by atoms with E-state index in [9.17, 15) is 4.79 Å². The Morgan fingerprint density at radius 2 is 1.87 bits per heavy atom. The predicted molar refractivity (Wildman–Crippen MR) is 139 cm³/mol. The number of fused-ring (bicyclic) bond motifs is 1. The molecule has 2 N–H and O–H groups in total. The molecule has 2 aliphatic heterocycles. The van der Waals surface area contributed by atoms with E-state index in [1.165, 1.54) is 17.7 Å². The molecule has 0 radical (unpaired) electrons. The summed E-state index contributed by atoms with van der Waals surface area (Å²) in [4.78, 5) is 21.5. The molecule has 1 saturated heterocycles. The summed E-state index contributed by atoms with van der Waals surface area (Å²) in [6.07, 6.45) is 4.68. The molecular formula is C24H40IN5O. The van der Waals surface area contributed by atoms with Crippen LogP contribution in [0.1, 0.15) is 50.7 Å². The van der Waals surface area contributed by atoms with Gasteiger partial charge >= 0.3 is 0 Å². The summed E-state index contributed by atoms with van der Waals surface area (Å²) < 4.78 is 0. The highest BCUT2D eigenvalue weighted by atomic mass is 127. The van der Waals surface area contributed by atoms with Gasteiger partial charge in [0.05, 0.1) is 0 Å². The fourth-order valence-corrected chi connectivity index (χ4v) is 4.48. The van der Waals surface area contributed by atoms with Crippen LogP contribution in [0.25, 0.3) is 0 Å². The van der Waals surface area contributed by atoms with Crippen LogP contribution in [-0.4, -0.2) is 67.5 Å². The highest BCUT2D eigenvalue weighted by Gasteiger charge is 2.21. The van der Waals surface area contributed by atoms with Crippen LogP contribution in [-0.2, 0) is 17.8 Å². The minimum atomic E-state index is 0. The SMILES string of the molecule is CN=C(NCCCC(=O)N1CCc2ccccc2C1)NC1CCN(CC(C)C)CC1.I. The van der Waals surface area contributed by atoms with Crippen molar-refractivity contribution in [3.63, 3.8) is 0 Å². The first-order valence-corrected chi connectivity index (χ1v) is 11.6. The fourth-order valence-electron chi connectivity index (χ4n) is 4.48. The van der Waals surface area contributed by atoms with Crippen LogP contribution >= 0.6 is 24.0 Å². The number of halogens is 1. The monoisotopic (exact) mass is 541 g/mol. The lowest BCUT2D eigenvalue weighted by atomic mass is 9.99. The summed E-state index contributed by atoms with van der Waals surface area (Å²) in [6.45, 7) is 10.4. The van der Waals surface area contributed by atoms with Crippen molar-refractivity contribution in [3.05, 3.63) is 35.4 Å². The van der Waals surface area contributed by atoms with E-state index in [1.807, 2.05) is 11.9 Å². The molecule has 6 nitrogen and oxygen atoms in total. The summed E-state index contributed by atoms with van der Waals surface area (Å²) in [5, 5.41) is 6.95. The van der Waals surface area contributed by atoms with E-state index in [-0.39, 0.29) is 29.9 Å². The van der Waals surface area contributed by atoms with Crippen LogP contribution in [0.15, 0.2) is 29.3 Å². The van der Waals surface area contributed by atoms with Crippen molar-refractivity contribution >= 4 is 35.8 Å². The maximum Gasteiger partial charge on any atom is 0.222 e. The number of rotatable bonds is 7. The van der Waals surface area contributed by atoms with E-state index in [2.05, 4.69) is 58.6 Å². The molecule has 1 aromatic rings. The third-order valence-electron chi connectivity index (χ3n) is 6.12. The van der Waals surface area contributed by atoms with Gasteiger partial charge in [-0.25, -0.2) is 0 Å². The third-order valence-corrected chi connectivity index (χ3v) is 6.12. The first-order valence-electron chi connectivity index (χ1n) is 11.6. The number of carbonyl (C=O) groups is 1. The Labute approximate surface area is 205 Å². The van der Waals surface area contributed by atoms with E-state index in [4.69, 9.17) is 0 Å². The van der Waals surface area contributed by atoms with E-state index < -0.39 is 0 Å². The third kappa shape index (κ3) is 8.25. The number of aliphatic imine (C=N–C) groups is 1. The fraction of sp³-hybridized carbons (Fsp3) is 0.667. The molecule has 0 spiro atoms. The Morgan fingerprint density at radius 3 is 2.55 bits per heavy atom. The Kier molecular flexibility index (Phi) is 11.1. The van der Waals surface area contributed by atoms with Gasteiger partial charge in [-0.15, -0.1) is 24.0 Å². The van der Waals surface area contributed by atoms with Gasteiger partial charge in [-0.05, 0) is 42.7 Å². The van der Waals surface area contributed by atoms with Crippen LogP contribution in [0, 0.1) is 5.92 Å². The number of guanidine groups is 1. The standard InChI is InChI=1S/C24H39N5O.HI/c1-19(2)17-28-14-11-22(12-15-28)27-24(25-3)26-13-6-9-23(30)29-16-10-20-7-4-5-8-21(20)18-29;/h4-5,7-8,19,22H,6,9-18H2,1-3H3,(H2,25,26,27);1H. The number of benzene rings is 1. The lowest BCUT2D eigenvalue weighted by Gasteiger charge is -2.34. The molecule has 1 amide bonds. The molecule has 3 rings (SSSR count). The maximum absolute atomic E-state index is 12.6.